The van der Waals surface area contributed by atoms with E-state index in [0.29, 0.717) is 32.5 Å². The van der Waals surface area contributed by atoms with E-state index in [0.717, 1.165) is 5.69 Å². The molecule has 0 radical (unpaired) electrons. The molecule has 0 aromatic heterocycles. The van der Waals surface area contributed by atoms with Gasteiger partial charge in [-0.1, -0.05) is 25.1 Å². The SMILES string of the molecule is CC(CN)C(=O)N1CCC(C(=O)Nc2ccccc2)CC1. The van der Waals surface area contributed by atoms with E-state index >= 15 is 0 Å². The van der Waals surface area contributed by atoms with E-state index in [9.17, 15) is 9.59 Å². The van der Waals surface area contributed by atoms with Gasteiger partial charge in [-0.25, -0.2) is 0 Å². The fourth-order valence-electron chi connectivity index (χ4n) is 2.54. The van der Waals surface area contributed by atoms with E-state index in [1.165, 1.54) is 0 Å². The summed E-state index contributed by atoms with van der Waals surface area (Å²) in [7, 11) is 0. The molecule has 2 rings (SSSR count). The van der Waals surface area contributed by atoms with Crippen LogP contribution in [0.2, 0.25) is 0 Å². The maximum atomic E-state index is 12.2. The monoisotopic (exact) mass is 289 g/mol. The van der Waals surface area contributed by atoms with Crippen LogP contribution in [0.4, 0.5) is 5.69 Å². The van der Waals surface area contributed by atoms with Crippen LogP contribution in [0.3, 0.4) is 0 Å². The van der Waals surface area contributed by atoms with Gasteiger partial charge in [0.05, 0.1) is 0 Å². The van der Waals surface area contributed by atoms with Gasteiger partial charge < -0.3 is 16.0 Å². The van der Waals surface area contributed by atoms with Gasteiger partial charge in [-0.15, -0.1) is 0 Å². The number of amides is 2. The molecule has 0 saturated carbocycles. The largest absolute Gasteiger partial charge is 0.342 e. The summed E-state index contributed by atoms with van der Waals surface area (Å²) in [6.07, 6.45) is 1.42. The minimum atomic E-state index is -0.139. The molecule has 1 aliphatic rings. The van der Waals surface area contributed by atoms with Crippen molar-refractivity contribution in [2.24, 2.45) is 17.6 Å². The lowest BCUT2D eigenvalue weighted by molar-refractivity contribution is -0.137. The quantitative estimate of drug-likeness (QED) is 0.881. The summed E-state index contributed by atoms with van der Waals surface area (Å²) in [5.41, 5.74) is 6.35. The Kier molecular flexibility index (Phi) is 5.33. The first-order chi connectivity index (χ1) is 10.1. The van der Waals surface area contributed by atoms with Crippen LogP contribution in [0.5, 0.6) is 0 Å². The smallest absolute Gasteiger partial charge is 0.227 e. The van der Waals surface area contributed by atoms with Crippen molar-refractivity contribution in [1.82, 2.24) is 4.90 Å². The van der Waals surface area contributed by atoms with Crippen molar-refractivity contribution in [3.63, 3.8) is 0 Å². The first kappa shape index (κ1) is 15.5. The first-order valence-corrected chi connectivity index (χ1v) is 7.46. The molecule has 3 N–H and O–H groups in total. The highest BCUT2D eigenvalue weighted by molar-refractivity contribution is 5.92. The number of nitrogens with zero attached hydrogens (tertiary/aromatic N) is 1. The lowest BCUT2D eigenvalue weighted by atomic mass is 9.95. The predicted octanol–water partition coefficient (Wildman–Crippen LogP) is 1.46. The van der Waals surface area contributed by atoms with Crippen LogP contribution in [-0.2, 0) is 9.59 Å². The Morgan fingerprint density at radius 3 is 2.48 bits per heavy atom. The van der Waals surface area contributed by atoms with Gasteiger partial charge in [0.2, 0.25) is 11.8 Å². The molecule has 1 saturated heterocycles. The molecule has 1 aliphatic heterocycles. The zero-order valence-corrected chi connectivity index (χ0v) is 12.4. The summed E-state index contributed by atoms with van der Waals surface area (Å²) in [6, 6.07) is 9.45. The van der Waals surface area contributed by atoms with Crippen molar-refractivity contribution in [2.75, 3.05) is 25.0 Å². The van der Waals surface area contributed by atoms with Gasteiger partial charge in [0, 0.05) is 37.2 Å². The number of anilines is 1. The van der Waals surface area contributed by atoms with E-state index < -0.39 is 0 Å². The number of carbonyl (C=O) groups is 2. The van der Waals surface area contributed by atoms with Gasteiger partial charge in [-0.3, -0.25) is 9.59 Å². The number of rotatable bonds is 4. The van der Waals surface area contributed by atoms with Crippen molar-refractivity contribution in [3.05, 3.63) is 30.3 Å². The number of carbonyl (C=O) groups excluding carboxylic acids is 2. The summed E-state index contributed by atoms with van der Waals surface area (Å²) in [4.78, 5) is 26.1. The maximum Gasteiger partial charge on any atom is 0.227 e. The molecule has 2 amide bonds. The van der Waals surface area contributed by atoms with Gasteiger partial charge >= 0.3 is 0 Å². The highest BCUT2D eigenvalue weighted by Crippen LogP contribution is 2.20. The van der Waals surface area contributed by atoms with E-state index in [2.05, 4.69) is 5.32 Å². The number of para-hydroxylation sites is 1. The van der Waals surface area contributed by atoms with E-state index in [1.807, 2.05) is 42.2 Å². The Morgan fingerprint density at radius 2 is 1.90 bits per heavy atom. The second kappa shape index (κ2) is 7.22. The van der Waals surface area contributed by atoms with Gasteiger partial charge in [0.15, 0.2) is 0 Å². The summed E-state index contributed by atoms with van der Waals surface area (Å²) in [5, 5.41) is 2.93. The zero-order chi connectivity index (χ0) is 15.2. The van der Waals surface area contributed by atoms with E-state index in [4.69, 9.17) is 5.73 Å². The van der Waals surface area contributed by atoms with Crippen LogP contribution in [0.1, 0.15) is 19.8 Å². The highest BCUT2D eigenvalue weighted by atomic mass is 16.2. The van der Waals surface area contributed by atoms with Crippen LogP contribution < -0.4 is 11.1 Å². The number of benzene rings is 1. The third-order valence-electron chi connectivity index (χ3n) is 3.99. The molecule has 0 spiro atoms. The number of nitrogens with one attached hydrogen (secondary N) is 1. The highest BCUT2D eigenvalue weighted by Gasteiger charge is 2.28. The minimum absolute atomic E-state index is 0.0255. The van der Waals surface area contributed by atoms with E-state index in [-0.39, 0.29) is 23.7 Å². The lowest BCUT2D eigenvalue weighted by Gasteiger charge is -2.32. The first-order valence-electron chi connectivity index (χ1n) is 7.46. The van der Waals surface area contributed by atoms with Crippen molar-refractivity contribution in [2.45, 2.75) is 19.8 Å². The maximum absolute atomic E-state index is 12.2. The topological polar surface area (TPSA) is 75.4 Å². The lowest BCUT2D eigenvalue weighted by Crippen LogP contribution is -2.44. The average Bonchev–Trinajstić information content (AvgIpc) is 2.54. The van der Waals surface area contributed by atoms with Gasteiger partial charge in [0.25, 0.3) is 0 Å². The van der Waals surface area contributed by atoms with Crippen LogP contribution in [0.15, 0.2) is 30.3 Å². The molecule has 0 bridgehead atoms. The third kappa shape index (κ3) is 4.04. The van der Waals surface area contributed by atoms with Crippen LogP contribution in [0, 0.1) is 11.8 Å². The molecule has 1 aromatic rings. The van der Waals surface area contributed by atoms with Crippen molar-refractivity contribution in [3.8, 4) is 0 Å². The van der Waals surface area contributed by atoms with Gasteiger partial charge in [-0.05, 0) is 25.0 Å². The molecule has 114 valence electrons. The molecule has 1 atom stereocenters. The van der Waals surface area contributed by atoms with Crippen LogP contribution in [-0.4, -0.2) is 36.3 Å². The number of hydrogen-bond donors (Lipinski definition) is 2. The molecule has 0 aliphatic carbocycles. The van der Waals surface area contributed by atoms with Crippen LogP contribution in [0.25, 0.3) is 0 Å². The Hall–Kier alpha value is -1.88. The zero-order valence-electron chi connectivity index (χ0n) is 12.4. The summed E-state index contributed by atoms with van der Waals surface area (Å²) in [5.74, 6) is -0.0262. The Labute approximate surface area is 125 Å². The fraction of sp³-hybridized carbons (Fsp3) is 0.500. The van der Waals surface area contributed by atoms with Crippen molar-refractivity contribution in [1.29, 1.82) is 0 Å². The Bertz CT molecular complexity index is 482. The average molecular weight is 289 g/mol. The second-order valence-electron chi connectivity index (χ2n) is 5.59. The third-order valence-corrected chi connectivity index (χ3v) is 3.99. The normalized spacial score (nSPS) is 17.3. The molecule has 1 heterocycles. The molecule has 1 fully saturated rings. The molecule has 5 heteroatoms. The van der Waals surface area contributed by atoms with Gasteiger partial charge in [0.1, 0.15) is 0 Å². The van der Waals surface area contributed by atoms with Crippen molar-refractivity contribution < 1.29 is 9.59 Å². The minimum Gasteiger partial charge on any atom is -0.342 e. The summed E-state index contributed by atoms with van der Waals surface area (Å²) in [6.45, 7) is 3.48. The molecule has 5 nitrogen and oxygen atoms in total. The van der Waals surface area contributed by atoms with Crippen molar-refractivity contribution >= 4 is 17.5 Å². The Balaban J connectivity index is 1.83. The molecule has 1 unspecified atom stereocenters. The Morgan fingerprint density at radius 1 is 1.29 bits per heavy atom. The molecular formula is C16H23N3O2. The number of nitrogens with two attached hydrogens (primary N) is 1. The number of likely N-dealkylation sites (tertiary alicyclic amines) is 1. The summed E-state index contributed by atoms with van der Waals surface area (Å²) < 4.78 is 0. The number of hydrogen-bond acceptors (Lipinski definition) is 3. The predicted molar refractivity (Wildman–Crippen MR) is 82.6 cm³/mol. The summed E-state index contributed by atoms with van der Waals surface area (Å²) >= 11 is 0. The number of piperidine rings is 1. The molecular weight excluding hydrogens is 266 g/mol. The molecule has 21 heavy (non-hydrogen) atoms. The van der Waals surface area contributed by atoms with E-state index in [1.54, 1.807) is 0 Å². The molecule has 1 aromatic carbocycles. The second-order valence-corrected chi connectivity index (χ2v) is 5.59. The van der Waals surface area contributed by atoms with Crippen LogP contribution >= 0.6 is 0 Å². The van der Waals surface area contributed by atoms with Gasteiger partial charge in [-0.2, -0.15) is 0 Å². The fourth-order valence-corrected chi connectivity index (χ4v) is 2.54. The standard InChI is InChI=1S/C16H23N3O2/c1-12(11-17)16(21)19-9-7-13(8-10-19)15(20)18-14-5-3-2-4-6-14/h2-6,12-13H,7-11,17H2,1H3,(H,18,20).